The van der Waals surface area contributed by atoms with Gasteiger partial charge < -0.3 is 0 Å². The summed E-state index contributed by atoms with van der Waals surface area (Å²) in [5.74, 6) is 0. The number of aryl methyl sites for hydroxylation is 2. The van der Waals surface area contributed by atoms with Crippen molar-refractivity contribution in [3.8, 4) is 5.69 Å². The van der Waals surface area contributed by atoms with Crippen LogP contribution in [0.4, 0.5) is 0 Å². The molecular weight excluding hydrogens is 226 g/mol. The number of benzene rings is 1. The Hall–Kier alpha value is -1.55. The van der Waals surface area contributed by atoms with Crippen molar-refractivity contribution in [1.29, 1.82) is 0 Å². The summed E-state index contributed by atoms with van der Waals surface area (Å²) in [4.78, 5) is 11.8. The van der Waals surface area contributed by atoms with E-state index in [0.717, 1.165) is 17.7 Å². The predicted molar refractivity (Wildman–Crippen MR) is 63.2 cm³/mol. The largest absolute Gasteiger partial charge is 0.351 e. The van der Waals surface area contributed by atoms with Gasteiger partial charge in [0.25, 0.3) is 0 Å². The second-order valence-electron chi connectivity index (χ2n) is 3.49. The molecule has 0 amide bonds. The van der Waals surface area contributed by atoms with Crippen LogP contribution in [0.2, 0.25) is 5.28 Å². The van der Waals surface area contributed by atoms with Crippen LogP contribution in [-0.4, -0.2) is 14.3 Å². The maximum absolute atomic E-state index is 11.8. The van der Waals surface area contributed by atoms with E-state index in [4.69, 9.17) is 11.6 Å². The molecule has 0 bridgehead atoms. The summed E-state index contributed by atoms with van der Waals surface area (Å²) in [6, 6.07) is 7.67. The van der Waals surface area contributed by atoms with Gasteiger partial charge in [-0.15, -0.1) is 5.10 Å². The normalized spacial score (nSPS) is 10.7. The molecule has 0 aliphatic rings. The summed E-state index contributed by atoms with van der Waals surface area (Å²) in [6.07, 6.45) is 0.841. The fraction of sp³-hybridized carbons (Fsp3) is 0.273. The first-order chi connectivity index (χ1) is 7.65. The minimum Gasteiger partial charge on any atom is -0.246 e. The third-order valence-electron chi connectivity index (χ3n) is 2.50. The van der Waals surface area contributed by atoms with Crippen molar-refractivity contribution < 1.29 is 0 Å². The third kappa shape index (κ3) is 1.65. The fourth-order valence-corrected chi connectivity index (χ4v) is 1.94. The van der Waals surface area contributed by atoms with Crippen LogP contribution in [0.5, 0.6) is 0 Å². The van der Waals surface area contributed by atoms with Gasteiger partial charge in [-0.2, -0.15) is 0 Å². The Morgan fingerprint density at radius 1 is 1.38 bits per heavy atom. The number of nitrogens with zero attached hydrogens (tertiary/aromatic N) is 3. The van der Waals surface area contributed by atoms with Gasteiger partial charge >= 0.3 is 5.69 Å². The highest BCUT2D eigenvalue weighted by Gasteiger charge is 2.12. The molecule has 0 saturated carbocycles. The van der Waals surface area contributed by atoms with E-state index >= 15 is 0 Å². The van der Waals surface area contributed by atoms with Crippen LogP contribution >= 0.6 is 11.6 Å². The Morgan fingerprint density at radius 3 is 2.62 bits per heavy atom. The monoisotopic (exact) mass is 237 g/mol. The van der Waals surface area contributed by atoms with Crippen LogP contribution in [0.3, 0.4) is 0 Å². The second-order valence-corrected chi connectivity index (χ2v) is 3.83. The first-order valence-electron chi connectivity index (χ1n) is 5.05. The topological polar surface area (TPSA) is 39.8 Å². The molecule has 1 aromatic carbocycles. The van der Waals surface area contributed by atoms with Gasteiger partial charge in [-0.25, -0.2) is 14.0 Å². The molecular formula is C11H12ClN3O. The zero-order chi connectivity index (χ0) is 11.7. The van der Waals surface area contributed by atoms with E-state index in [1.165, 1.54) is 9.25 Å². The molecule has 16 heavy (non-hydrogen) atoms. The molecule has 0 fully saturated rings. The maximum Gasteiger partial charge on any atom is 0.351 e. The van der Waals surface area contributed by atoms with Crippen LogP contribution in [0.25, 0.3) is 5.69 Å². The Morgan fingerprint density at radius 2 is 2.06 bits per heavy atom. The molecule has 2 rings (SSSR count). The molecule has 4 nitrogen and oxygen atoms in total. The Bertz CT molecular complexity index is 571. The average molecular weight is 238 g/mol. The molecule has 84 valence electrons. The van der Waals surface area contributed by atoms with Gasteiger partial charge in [-0.3, -0.25) is 0 Å². The van der Waals surface area contributed by atoms with E-state index in [0.29, 0.717) is 0 Å². The average Bonchev–Trinajstić information content (AvgIpc) is 2.53. The fourth-order valence-electron chi connectivity index (χ4n) is 1.67. The molecule has 0 unspecified atom stereocenters. The molecule has 0 N–H and O–H groups in total. The van der Waals surface area contributed by atoms with Crippen molar-refractivity contribution in [2.75, 3.05) is 0 Å². The van der Waals surface area contributed by atoms with E-state index in [2.05, 4.69) is 5.10 Å². The summed E-state index contributed by atoms with van der Waals surface area (Å²) in [5.41, 5.74) is 1.64. The van der Waals surface area contributed by atoms with Gasteiger partial charge in [0.2, 0.25) is 5.28 Å². The highest BCUT2D eigenvalue weighted by atomic mass is 35.5. The van der Waals surface area contributed by atoms with Crippen molar-refractivity contribution in [3.63, 3.8) is 0 Å². The number of rotatable bonds is 2. The molecule has 1 aromatic heterocycles. The van der Waals surface area contributed by atoms with Gasteiger partial charge in [0.1, 0.15) is 0 Å². The minimum absolute atomic E-state index is 0.188. The van der Waals surface area contributed by atoms with Crippen LogP contribution < -0.4 is 5.69 Å². The van der Waals surface area contributed by atoms with Crippen molar-refractivity contribution in [1.82, 2.24) is 14.3 Å². The molecule has 0 radical (unpaired) electrons. The van der Waals surface area contributed by atoms with E-state index in [9.17, 15) is 4.79 Å². The lowest BCUT2D eigenvalue weighted by atomic mass is 10.1. The molecule has 2 aromatic rings. The second kappa shape index (κ2) is 4.14. The number of hydrogen-bond donors (Lipinski definition) is 0. The molecule has 0 spiro atoms. The first-order valence-corrected chi connectivity index (χ1v) is 5.42. The predicted octanol–water partition coefficient (Wildman–Crippen LogP) is 1.79. The van der Waals surface area contributed by atoms with Crippen LogP contribution in [-0.2, 0) is 13.5 Å². The molecule has 0 saturated heterocycles. The molecule has 5 heteroatoms. The summed E-state index contributed by atoms with van der Waals surface area (Å²) < 4.78 is 2.65. The molecule has 0 atom stereocenters. The van der Waals surface area contributed by atoms with Gasteiger partial charge in [0.05, 0.1) is 5.69 Å². The zero-order valence-corrected chi connectivity index (χ0v) is 9.90. The SMILES string of the molecule is CCc1ccccc1-n1c(Cl)nn(C)c1=O. The number of aromatic nitrogens is 3. The standard InChI is InChI=1S/C11H12ClN3O/c1-3-8-6-4-5-7-9(8)15-10(12)13-14(2)11(15)16/h4-7H,3H2,1-2H3. The minimum atomic E-state index is -0.231. The van der Waals surface area contributed by atoms with Crippen LogP contribution in [0.1, 0.15) is 12.5 Å². The lowest BCUT2D eigenvalue weighted by Crippen LogP contribution is -2.22. The Labute approximate surface area is 98.1 Å². The van der Waals surface area contributed by atoms with Gasteiger partial charge in [-0.1, -0.05) is 25.1 Å². The van der Waals surface area contributed by atoms with Crippen molar-refractivity contribution in [2.45, 2.75) is 13.3 Å². The maximum atomic E-state index is 11.8. The molecule has 1 heterocycles. The summed E-state index contributed by atoms with van der Waals surface area (Å²) in [5, 5.41) is 4.08. The third-order valence-corrected chi connectivity index (χ3v) is 2.74. The van der Waals surface area contributed by atoms with E-state index < -0.39 is 0 Å². The van der Waals surface area contributed by atoms with Gasteiger partial charge in [-0.05, 0) is 29.7 Å². The van der Waals surface area contributed by atoms with Gasteiger partial charge in [0, 0.05) is 7.05 Å². The lowest BCUT2D eigenvalue weighted by Gasteiger charge is -2.07. The summed E-state index contributed by atoms with van der Waals surface area (Å²) >= 11 is 5.94. The molecule has 0 aliphatic carbocycles. The summed E-state index contributed by atoms with van der Waals surface area (Å²) in [7, 11) is 1.58. The Balaban J connectivity index is 2.72. The number of para-hydroxylation sites is 1. The number of hydrogen-bond acceptors (Lipinski definition) is 2. The van der Waals surface area contributed by atoms with E-state index in [-0.39, 0.29) is 11.0 Å². The van der Waals surface area contributed by atoms with Crippen molar-refractivity contribution in [3.05, 3.63) is 45.6 Å². The first kappa shape index (κ1) is 11.0. The van der Waals surface area contributed by atoms with Crippen molar-refractivity contribution in [2.24, 2.45) is 7.05 Å². The van der Waals surface area contributed by atoms with Crippen LogP contribution in [0.15, 0.2) is 29.1 Å². The smallest absolute Gasteiger partial charge is 0.246 e. The van der Waals surface area contributed by atoms with Crippen LogP contribution in [0, 0.1) is 0 Å². The lowest BCUT2D eigenvalue weighted by molar-refractivity contribution is 0.725. The summed E-state index contributed by atoms with van der Waals surface area (Å²) in [6.45, 7) is 2.04. The van der Waals surface area contributed by atoms with Crippen molar-refractivity contribution >= 4 is 11.6 Å². The zero-order valence-electron chi connectivity index (χ0n) is 9.14. The number of halogens is 1. The van der Waals surface area contributed by atoms with E-state index in [1.807, 2.05) is 31.2 Å². The van der Waals surface area contributed by atoms with Gasteiger partial charge in [0.15, 0.2) is 0 Å². The highest BCUT2D eigenvalue weighted by Crippen LogP contribution is 2.16. The highest BCUT2D eigenvalue weighted by molar-refractivity contribution is 6.28. The Kier molecular flexibility index (Phi) is 2.83. The quantitative estimate of drug-likeness (QED) is 0.799. The molecule has 0 aliphatic heterocycles. The van der Waals surface area contributed by atoms with E-state index in [1.54, 1.807) is 7.05 Å².